The lowest BCUT2D eigenvalue weighted by atomic mass is 9.69. The maximum atomic E-state index is 13.6. The molecule has 2 aliphatic rings. The molecular formula is C26H37FN2O3. The van der Waals surface area contributed by atoms with Crippen molar-refractivity contribution in [3.8, 4) is 5.75 Å². The number of carbonyl (C=O) groups excluding carboxylic acids is 2. The number of halogens is 1. The second-order valence-electron chi connectivity index (χ2n) is 9.90. The zero-order valence-electron chi connectivity index (χ0n) is 19.6. The van der Waals surface area contributed by atoms with E-state index in [2.05, 4.69) is 30.6 Å². The zero-order valence-corrected chi connectivity index (χ0v) is 19.6. The van der Waals surface area contributed by atoms with E-state index in [1.807, 2.05) is 0 Å². The molecule has 0 aliphatic heterocycles. The van der Waals surface area contributed by atoms with E-state index in [9.17, 15) is 14.0 Å². The molecule has 2 saturated carbocycles. The van der Waals surface area contributed by atoms with Crippen LogP contribution < -0.4 is 15.4 Å². The Bertz CT molecular complexity index is 839. The van der Waals surface area contributed by atoms with Crippen molar-refractivity contribution in [1.29, 1.82) is 0 Å². The topological polar surface area (TPSA) is 67.4 Å². The third-order valence-electron chi connectivity index (χ3n) is 6.92. The number of Topliss-reactive ketones (excluding diaryl/α,β-unsaturated/α-hetero) is 1. The molecule has 1 amide bonds. The quantitative estimate of drug-likeness (QED) is 0.508. The van der Waals surface area contributed by atoms with Gasteiger partial charge in [-0.25, -0.2) is 4.39 Å². The Morgan fingerprint density at radius 1 is 1.19 bits per heavy atom. The second-order valence-corrected chi connectivity index (χ2v) is 9.90. The number of hydrogen-bond acceptors (Lipinski definition) is 4. The standard InChI is InChI=1S/C26H37FN2O3/c1-18(15-26(2)9-4-10-26)11-23(30)17-28-22-7-5-19(6-8-22)16-29-25(31)20-12-21(27)14-24(13-20)32-3/h12-15,19,22,28H,4-11,16-17H2,1-3H3,(H,29,31)/b18-15+/t19-,22+. The Balaban J connectivity index is 1.34. The van der Waals surface area contributed by atoms with Crippen molar-refractivity contribution in [1.82, 2.24) is 10.6 Å². The first kappa shape index (κ1) is 24.4. The highest BCUT2D eigenvalue weighted by Gasteiger charge is 2.29. The Kier molecular flexibility index (Phi) is 8.46. The van der Waals surface area contributed by atoms with Crippen molar-refractivity contribution < 1.29 is 18.7 Å². The molecule has 176 valence electrons. The molecule has 6 heteroatoms. The molecule has 2 aliphatic carbocycles. The van der Waals surface area contributed by atoms with Gasteiger partial charge in [0.25, 0.3) is 5.91 Å². The predicted molar refractivity (Wildman–Crippen MR) is 124 cm³/mol. The van der Waals surface area contributed by atoms with Crippen LogP contribution in [0.5, 0.6) is 5.75 Å². The van der Waals surface area contributed by atoms with Crippen LogP contribution in [0.4, 0.5) is 4.39 Å². The van der Waals surface area contributed by atoms with Gasteiger partial charge in [-0.1, -0.05) is 25.0 Å². The van der Waals surface area contributed by atoms with Crippen LogP contribution in [0, 0.1) is 17.2 Å². The first-order valence-corrected chi connectivity index (χ1v) is 11.8. The number of hydrogen-bond donors (Lipinski definition) is 2. The van der Waals surface area contributed by atoms with Crippen molar-refractivity contribution in [2.24, 2.45) is 11.3 Å². The number of methoxy groups -OCH3 is 1. The molecular weight excluding hydrogens is 407 g/mol. The fourth-order valence-electron chi connectivity index (χ4n) is 4.88. The van der Waals surface area contributed by atoms with E-state index in [0.29, 0.717) is 42.6 Å². The van der Waals surface area contributed by atoms with E-state index in [1.54, 1.807) is 6.07 Å². The summed E-state index contributed by atoms with van der Waals surface area (Å²) in [5, 5.41) is 6.35. The van der Waals surface area contributed by atoms with Crippen LogP contribution in [0.2, 0.25) is 0 Å². The maximum Gasteiger partial charge on any atom is 0.251 e. The highest BCUT2D eigenvalue weighted by molar-refractivity contribution is 5.94. The van der Waals surface area contributed by atoms with Crippen molar-refractivity contribution in [3.05, 3.63) is 41.2 Å². The minimum absolute atomic E-state index is 0.251. The fraction of sp³-hybridized carbons (Fsp3) is 0.615. The van der Waals surface area contributed by atoms with Gasteiger partial charge in [0.1, 0.15) is 11.6 Å². The SMILES string of the molecule is COc1cc(F)cc(C(=O)NC[C@H]2CC[C@@H](NCC(=O)C/C(C)=C/C3(C)CCC3)CC2)c1. The van der Waals surface area contributed by atoms with E-state index in [4.69, 9.17) is 4.74 Å². The zero-order chi connectivity index (χ0) is 23.1. The summed E-state index contributed by atoms with van der Waals surface area (Å²) in [6, 6.07) is 4.37. The summed E-state index contributed by atoms with van der Waals surface area (Å²) in [5.41, 5.74) is 1.77. The van der Waals surface area contributed by atoms with Crippen molar-refractivity contribution in [2.75, 3.05) is 20.2 Å². The number of nitrogens with one attached hydrogen (secondary N) is 2. The Hall–Kier alpha value is -2.21. The van der Waals surface area contributed by atoms with Gasteiger partial charge in [-0.2, -0.15) is 0 Å². The minimum Gasteiger partial charge on any atom is -0.497 e. The average Bonchev–Trinajstić information content (AvgIpc) is 2.75. The van der Waals surface area contributed by atoms with Crippen LogP contribution in [0.1, 0.15) is 75.6 Å². The molecule has 0 bridgehead atoms. The molecule has 1 aromatic carbocycles. The van der Waals surface area contributed by atoms with E-state index >= 15 is 0 Å². The van der Waals surface area contributed by atoms with E-state index in [-0.39, 0.29) is 17.3 Å². The predicted octanol–water partition coefficient (Wildman–Crippen LogP) is 4.81. The van der Waals surface area contributed by atoms with Crippen LogP contribution in [0.15, 0.2) is 29.8 Å². The Morgan fingerprint density at radius 2 is 1.91 bits per heavy atom. The lowest BCUT2D eigenvalue weighted by Crippen LogP contribution is -2.39. The molecule has 0 spiro atoms. The third-order valence-corrected chi connectivity index (χ3v) is 6.92. The molecule has 0 saturated heterocycles. The lowest BCUT2D eigenvalue weighted by molar-refractivity contribution is -0.117. The Labute approximate surface area is 191 Å². The highest BCUT2D eigenvalue weighted by atomic mass is 19.1. The number of allylic oxidation sites excluding steroid dienone is 2. The summed E-state index contributed by atoms with van der Waals surface area (Å²) in [6.07, 6.45) is 10.6. The van der Waals surface area contributed by atoms with Gasteiger partial charge in [0.2, 0.25) is 0 Å². The van der Waals surface area contributed by atoms with Gasteiger partial charge in [-0.3, -0.25) is 9.59 Å². The van der Waals surface area contributed by atoms with Gasteiger partial charge in [-0.05, 0) is 68.9 Å². The number of ether oxygens (including phenoxy) is 1. The van der Waals surface area contributed by atoms with Crippen LogP contribution in [0.25, 0.3) is 0 Å². The largest absolute Gasteiger partial charge is 0.497 e. The molecule has 0 atom stereocenters. The first-order valence-electron chi connectivity index (χ1n) is 11.8. The summed E-state index contributed by atoms with van der Waals surface area (Å²) in [5.74, 6) is 0.212. The summed E-state index contributed by atoms with van der Waals surface area (Å²) >= 11 is 0. The van der Waals surface area contributed by atoms with Crippen LogP contribution in [-0.4, -0.2) is 37.9 Å². The minimum atomic E-state index is -0.487. The first-order chi connectivity index (χ1) is 15.3. The maximum absolute atomic E-state index is 13.6. The number of amides is 1. The monoisotopic (exact) mass is 444 g/mol. The van der Waals surface area contributed by atoms with Gasteiger partial charge >= 0.3 is 0 Å². The summed E-state index contributed by atoms with van der Waals surface area (Å²) < 4.78 is 18.6. The summed E-state index contributed by atoms with van der Waals surface area (Å²) in [7, 11) is 1.45. The molecule has 0 aromatic heterocycles. The lowest BCUT2D eigenvalue weighted by Gasteiger charge is -2.36. The summed E-state index contributed by atoms with van der Waals surface area (Å²) in [4.78, 5) is 24.7. The molecule has 0 unspecified atom stereocenters. The Morgan fingerprint density at radius 3 is 2.53 bits per heavy atom. The third kappa shape index (κ3) is 7.16. The molecule has 0 heterocycles. The number of carbonyl (C=O) groups is 2. The average molecular weight is 445 g/mol. The van der Waals surface area contributed by atoms with Crippen LogP contribution in [-0.2, 0) is 4.79 Å². The van der Waals surface area contributed by atoms with Crippen LogP contribution in [0.3, 0.4) is 0 Å². The van der Waals surface area contributed by atoms with E-state index in [1.165, 1.54) is 44.1 Å². The normalized spacial score (nSPS) is 22.7. The second kappa shape index (κ2) is 11.1. The van der Waals surface area contributed by atoms with Gasteiger partial charge < -0.3 is 15.4 Å². The molecule has 0 radical (unpaired) electrons. The highest BCUT2D eigenvalue weighted by Crippen LogP contribution is 2.42. The van der Waals surface area contributed by atoms with Gasteiger partial charge in [0.15, 0.2) is 5.78 Å². The molecule has 3 rings (SSSR count). The molecule has 2 N–H and O–H groups in total. The van der Waals surface area contributed by atoms with Crippen molar-refractivity contribution in [2.45, 2.75) is 71.3 Å². The van der Waals surface area contributed by atoms with Crippen molar-refractivity contribution >= 4 is 11.7 Å². The summed E-state index contributed by atoms with van der Waals surface area (Å²) in [6.45, 7) is 5.35. The number of ketones is 1. The van der Waals surface area contributed by atoms with Gasteiger partial charge in [0.05, 0.1) is 13.7 Å². The van der Waals surface area contributed by atoms with Gasteiger partial charge in [-0.15, -0.1) is 0 Å². The molecule has 1 aromatic rings. The van der Waals surface area contributed by atoms with E-state index in [0.717, 1.165) is 25.7 Å². The molecule has 2 fully saturated rings. The number of benzene rings is 1. The molecule has 5 nitrogen and oxygen atoms in total. The fourth-order valence-corrected chi connectivity index (χ4v) is 4.88. The molecule has 32 heavy (non-hydrogen) atoms. The van der Waals surface area contributed by atoms with Gasteiger partial charge in [0, 0.05) is 30.6 Å². The van der Waals surface area contributed by atoms with Crippen molar-refractivity contribution in [3.63, 3.8) is 0 Å². The van der Waals surface area contributed by atoms with Crippen LogP contribution >= 0.6 is 0 Å². The number of rotatable bonds is 10. The van der Waals surface area contributed by atoms with E-state index < -0.39 is 5.82 Å². The smallest absolute Gasteiger partial charge is 0.251 e.